The van der Waals surface area contributed by atoms with Gasteiger partial charge in [-0.15, -0.1) is 0 Å². The summed E-state index contributed by atoms with van der Waals surface area (Å²) in [6, 6.07) is 0.306. The molecule has 2 atom stereocenters. The summed E-state index contributed by atoms with van der Waals surface area (Å²) in [5.41, 5.74) is -1.22. The molecule has 0 aromatic carbocycles. The summed E-state index contributed by atoms with van der Waals surface area (Å²) in [5, 5.41) is 0. The lowest BCUT2D eigenvalue weighted by atomic mass is 10.00. The van der Waals surface area contributed by atoms with Crippen LogP contribution in [0.15, 0.2) is 0 Å². The maximum absolute atomic E-state index is 14.0. The summed E-state index contributed by atoms with van der Waals surface area (Å²) in [4.78, 5) is 2.16. The van der Waals surface area contributed by atoms with Crippen LogP contribution >= 0.6 is 0 Å². The molecule has 76 valence electrons. The number of hydrogen-bond donors (Lipinski definition) is 0. The molecule has 0 saturated carbocycles. The number of alkyl halides is 1. The maximum atomic E-state index is 14.0. The molecule has 3 heteroatoms. The first-order valence-electron chi connectivity index (χ1n) is 5.06. The van der Waals surface area contributed by atoms with Gasteiger partial charge in [0.05, 0.1) is 6.61 Å². The van der Waals surface area contributed by atoms with Crippen LogP contribution in [0.3, 0.4) is 0 Å². The molecule has 0 unspecified atom stereocenters. The minimum atomic E-state index is -0.967. The van der Waals surface area contributed by atoms with Crippen LogP contribution in [0.1, 0.15) is 33.6 Å². The zero-order valence-corrected chi connectivity index (χ0v) is 8.64. The quantitative estimate of drug-likeness (QED) is 0.622. The largest absolute Gasteiger partial charge is 0.359 e. The van der Waals surface area contributed by atoms with Crippen LogP contribution in [0.2, 0.25) is 0 Å². The Kier molecular flexibility index (Phi) is 1.93. The topological polar surface area (TPSA) is 12.5 Å². The number of ether oxygens (including phenoxy) is 1. The van der Waals surface area contributed by atoms with Crippen molar-refractivity contribution >= 4 is 0 Å². The van der Waals surface area contributed by atoms with Crippen molar-refractivity contribution in [1.29, 1.82) is 0 Å². The van der Waals surface area contributed by atoms with E-state index in [2.05, 4.69) is 4.90 Å². The third-order valence-electron chi connectivity index (χ3n) is 3.45. The van der Waals surface area contributed by atoms with Gasteiger partial charge >= 0.3 is 0 Å². The van der Waals surface area contributed by atoms with Crippen LogP contribution in [0.5, 0.6) is 0 Å². The van der Waals surface area contributed by atoms with Gasteiger partial charge in [0.2, 0.25) is 0 Å². The smallest absolute Gasteiger partial charge is 0.125 e. The van der Waals surface area contributed by atoms with E-state index in [1.807, 2.05) is 20.8 Å². The van der Waals surface area contributed by atoms with E-state index in [4.69, 9.17) is 4.74 Å². The van der Waals surface area contributed by atoms with E-state index in [0.717, 1.165) is 0 Å². The Bertz CT molecular complexity index is 219. The minimum Gasteiger partial charge on any atom is -0.359 e. The molecule has 0 spiro atoms. The average molecular weight is 187 g/mol. The highest BCUT2D eigenvalue weighted by atomic mass is 19.1. The molecule has 2 rings (SSSR count). The molecule has 0 amide bonds. The van der Waals surface area contributed by atoms with Crippen molar-refractivity contribution in [1.82, 2.24) is 4.90 Å². The van der Waals surface area contributed by atoms with E-state index in [9.17, 15) is 4.39 Å². The first-order chi connectivity index (χ1) is 5.97. The molecule has 0 radical (unpaired) electrons. The molecule has 2 nitrogen and oxygen atoms in total. The van der Waals surface area contributed by atoms with Gasteiger partial charge in [-0.05, 0) is 20.3 Å². The van der Waals surface area contributed by atoms with Crippen LogP contribution in [0.25, 0.3) is 0 Å². The first-order valence-corrected chi connectivity index (χ1v) is 5.06. The van der Waals surface area contributed by atoms with Gasteiger partial charge in [-0.3, -0.25) is 4.90 Å². The van der Waals surface area contributed by atoms with E-state index < -0.39 is 5.67 Å². The minimum absolute atomic E-state index is 0.256. The Labute approximate surface area is 79.1 Å². The highest BCUT2D eigenvalue weighted by Crippen LogP contribution is 2.41. The number of hydrogen-bond acceptors (Lipinski definition) is 2. The number of rotatable bonds is 1. The monoisotopic (exact) mass is 187 g/mol. The van der Waals surface area contributed by atoms with E-state index in [0.29, 0.717) is 32.0 Å². The molecular weight excluding hydrogens is 169 g/mol. The van der Waals surface area contributed by atoms with Crippen molar-refractivity contribution in [2.24, 2.45) is 0 Å². The van der Waals surface area contributed by atoms with Gasteiger partial charge in [0, 0.05) is 19.0 Å². The molecule has 2 aliphatic heterocycles. The summed E-state index contributed by atoms with van der Waals surface area (Å²) >= 11 is 0. The second-order valence-corrected chi connectivity index (χ2v) is 4.75. The van der Waals surface area contributed by atoms with Crippen molar-refractivity contribution in [3.63, 3.8) is 0 Å². The lowest BCUT2D eigenvalue weighted by Crippen LogP contribution is -2.42. The van der Waals surface area contributed by atoms with E-state index in [1.165, 1.54) is 0 Å². The van der Waals surface area contributed by atoms with E-state index in [1.54, 1.807) is 0 Å². The first kappa shape index (κ1) is 9.41. The number of nitrogens with zero attached hydrogens (tertiary/aromatic N) is 1. The van der Waals surface area contributed by atoms with Gasteiger partial charge in [-0.2, -0.15) is 0 Å². The van der Waals surface area contributed by atoms with Crippen molar-refractivity contribution in [3.8, 4) is 0 Å². The predicted molar refractivity (Wildman–Crippen MR) is 49.3 cm³/mol. The summed E-state index contributed by atoms with van der Waals surface area (Å²) in [6.45, 7) is 7.21. The molecule has 2 saturated heterocycles. The highest BCUT2D eigenvalue weighted by molar-refractivity contribution is 5.02. The van der Waals surface area contributed by atoms with Gasteiger partial charge in [-0.1, -0.05) is 6.92 Å². The third kappa shape index (κ3) is 1.38. The second kappa shape index (κ2) is 2.67. The van der Waals surface area contributed by atoms with Crippen LogP contribution in [-0.4, -0.2) is 35.5 Å². The Hall–Kier alpha value is -0.150. The van der Waals surface area contributed by atoms with Gasteiger partial charge in [-0.25, -0.2) is 4.39 Å². The molecular formula is C10H18FNO. The average Bonchev–Trinajstić information content (AvgIpc) is 2.52. The van der Waals surface area contributed by atoms with Crippen molar-refractivity contribution in [3.05, 3.63) is 0 Å². The van der Waals surface area contributed by atoms with Crippen molar-refractivity contribution < 1.29 is 9.13 Å². The van der Waals surface area contributed by atoms with Crippen LogP contribution in [0, 0.1) is 0 Å². The van der Waals surface area contributed by atoms with Crippen LogP contribution in [0.4, 0.5) is 4.39 Å². The molecule has 0 N–H and O–H groups in total. The van der Waals surface area contributed by atoms with Crippen molar-refractivity contribution in [2.45, 2.75) is 51.0 Å². The van der Waals surface area contributed by atoms with E-state index >= 15 is 0 Å². The number of halogens is 1. The normalized spacial score (nSPS) is 43.8. The SMILES string of the molecule is CC[C@]1(F)C[C@H]2COC(C)(C)N2C1. The fourth-order valence-corrected chi connectivity index (χ4v) is 2.45. The van der Waals surface area contributed by atoms with E-state index in [-0.39, 0.29) is 5.72 Å². The highest BCUT2D eigenvalue weighted by Gasteiger charge is 2.52. The fraction of sp³-hybridized carbons (Fsp3) is 1.00. The molecule has 0 bridgehead atoms. The summed E-state index contributed by atoms with van der Waals surface area (Å²) < 4.78 is 19.6. The summed E-state index contributed by atoms with van der Waals surface area (Å²) in [6.07, 6.45) is 1.27. The molecule has 0 aromatic heterocycles. The molecule has 13 heavy (non-hydrogen) atoms. The van der Waals surface area contributed by atoms with Gasteiger partial charge < -0.3 is 4.74 Å². The summed E-state index contributed by atoms with van der Waals surface area (Å²) in [5.74, 6) is 0. The van der Waals surface area contributed by atoms with Gasteiger partial charge in [0.25, 0.3) is 0 Å². The molecule has 2 fully saturated rings. The molecule has 2 heterocycles. The number of fused-ring (bicyclic) bond motifs is 1. The Morgan fingerprint density at radius 2 is 2.23 bits per heavy atom. The Morgan fingerprint density at radius 3 is 2.77 bits per heavy atom. The van der Waals surface area contributed by atoms with Crippen LogP contribution < -0.4 is 0 Å². The molecule has 2 aliphatic rings. The second-order valence-electron chi connectivity index (χ2n) is 4.75. The van der Waals surface area contributed by atoms with Crippen molar-refractivity contribution in [2.75, 3.05) is 13.2 Å². The lowest BCUT2D eigenvalue weighted by molar-refractivity contribution is -0.0595. The predicted octanol–water partition coefficient (Wildman–Crippen LogP) is 1.95. The molecule has 0 aromatic rings. The lowest BCUT2D eigenvalue weighted by Gasteiger charge is -2.30. The molecule has 0 aliphatic carbocycles. The zero-order chi connectivity index (χ0) is 9.69. The Morgan fingerprint density at radius 1 is 1.54 bits per heavy atom. The van der Waals surface area contributed by atoms with Gasteiger partial charge in [0.1, 0.15) is 11.4 Å². The third-order valence-corrected chi connectivity index (χ3v) is 3.45. The zero-order valence-electron chi connectivity index (χ0n) is 8.64. The maximum Gasteiger partial charge on any atom is 0.125 e. The fourth-order valence-electron chi connectivity index (χ4n) is 2.45. The van der Waals surface area contributed by atoms with Crippen LogP contribution in [-0.2, 0) is 4.74 Å². The van der Waals surface area contributed by atoms with Gasteiger partial charge in [0.15, 0.2) is 0 Å². The Balaban J connectivity index is 2.14. The summed E-state index contributed by atoms with van der Waals surface area (Å²) in [7, 11) is 0. The standard InChI is InChI=1S/C10H18FNO/c1-4-10(11)5-8-6-13-9(2,3)12(8)7-10/h8H,4-7H2,1-3H3/t8-,10-/m0/s1.